The standard InChI is InChI=1S/C17H20N2O4S/c1-8-9(2)24-7-12(8)15(20)18-19-16(21)13-10-3-5-11(6-4-10)14(13)17(22)23/h3,5,7,10-11,13-14H,4,6H2,1-2H3,(H,18,20)(H,19,21)(H,22,23)/t10-,11-,13-,14-/m0/s1. The zero-order valence-electron chi connectivity index (χ0n) is 13.5. The molecule has 1 heterocycles. The summed E-state index contributed by atoms with van der Waals surface area (Å²) in [4.78, 5) is 37.3. The molecule has 0 saturated heterocycles. The molecule has 3 aliphatic rings. The Morgan fingerprint density at radius 1 is 1.08 bits per heavy atom. The van der Waals surface area contributed by atoms with E-state index in [1.807, 2.05) is 26.0 Å². The number of carbonyl (C=O) groups excluding carboxylic acids is 2. The second-order valence-corrected chi connectivity index (χ2v) is 7.54. The predicted octanol–water partition coefficient (Wildman–Crippen LogP) is 2.04. The molecule has 1 fully saturated rings. The van der Waals surface area contributed by atoms with Crippen LogP contribution in [0.1, 0.15) is 33.6 Å². The largest absolute Gasteiger partial charge is 0.481 e. The molecule has 1 aromatic heterocycles. The molecule has 1 saturated carbocycles. The molecule has 4 atom stereocenters. The summed E-state index contributed by atoms with van der Waals surface area (Å²) < 4.78 is 0. The van der Waals surface area contributed by atoms with Crippen molar-refractivity contribution in [3.05, 3.63) is 33.5 Å². The summed E-state index contributed by atoms with van der Waals surface area (Å²) in [6, 6.07) is 0. The van der Waals surface area contributed by atoms with Gasteiger partial charge in [-0.3, -0.25) is 25.2 Å². The van der Waals surface area contributed by atoms with E-state index in [4.69, 9.17) is 0 Å². The SMILES string of the molecule is Cc1scc(C(=O)NNC(=O)[C@@H]2[C@@H](C(=O)O)[C@H]3C=C[C@H]2CC3)c1C. The molecule has 6 nitrogen and oxygen atoms in total. The van der Waals surface area contributed by atoms with Gasteiger partial charge in [-0.05, 0) is 44.1 Å². The normalized spacial score (nSPS) is 27.8. The highest BCUT2D eigenvalue weighted by Crippen LogP contribution is 2.44. The van der Waals surface area contributed by atoms with Crippen molar-refractivity contribution in [2.45, 2.75) is 26.7 Å². The summed E-state index contributed by atoms with van der Waals surface area (Å²) in [5.41, 5.74) is 6.26. The van der Waals surface area contributed by atoms with Crippen LogP contribution in [0.25, 0.3) is 0 Å². The van der Waals surface area contributed by atoms with E-state index in [-0.39, 0.29) is 17.7 Å². The number of hydrogen-bond acceptors (Lipinski definition) is 4. The summed E-state index contributed by atoms with van der Waals surface area (Å²) in [7, 11) is 0. The van der Waals surface area contributed by atoms with Crippen molar-refractivity contribution in [3.8, 4) is 0 Å². The first-order chi connectivity index (χ1) is 11.4. The number of thiophene rings is 1. The molecule has 0 aromatic carbocycles. The number of nitrogens with one attached hydrogen (secondary N) is 2. The number of carbonyl (C=O) groups is 3. The summed E-state index contributed by atoms with van der Waals surface area (Å²) in [6.45, 7) is 3.78. The van der Waals surface area contributed by atoms with Crippen LogP contribution in [-0.2, 0) is 9.59 Å². The van der Waals surface area contributed by atoms with Crippen LogP contribution >= 0.6 is 11.3 Å². The van der Waals surface area contributed by atoms with Crippen molar-refractivity contribution in [3.63, 3.8) is 0 Å². The fourth-order valence-electron chi connectivity index (χ4n) is 3.69. The Balaban J connectivity index is 1.68. The smallest absolute Gasteiger partial charge is 0.307 e. The summed E-state index contributed by atoms with van der Waals surface area (Å²) in [5.74, 6) is -3.33. The summed E-state index contributed by atoms with van der Waals surface area (Å²) in [5, 5.41) is 11.2. The Labute approximate surface area is 143 Å². The fourth-order valence-corrected chi connectivity index (χ4v) is 4.56. The maximum absolute atomic E-state index is 12.5. The van der Waals surface area contributed by atoms with E-state index in [2.05, 4.69) is 10.9 Å². The highest BCUT2D eigenvalue weighted by molar-refractivity contribution is 7.10. The monoisotopic (exact) mass is 348 g/mol. The number of allylic oxidation sites excluding steroid dienone is 2. The van der Waals surface area contributed by atoms with Gasteiger partial charge in [0.05, 0.1) is 17.4 Å². The van der Waals surface area contributed by atoms with Crippen molar-refractivity contribution >= 4 is 29.1 Å². The lowest BCUT2D eigenvalue weighted by molar-refractivity contribution is -0.153. The van der Waals surface area contributed by atoms with Crippen LogP contribution in [0.5, 0.6) is 0 Å². The first-order valence-corrected chi connectivity index (χ1v) is 8.84. The lowest BCUT2D eigenvalue weighted by atomic mass is 9.62. The van der Waals surface area contributed by atoms with Crippen LogP contribution in [0, 0.1) is 37.5 Å². The van der Waals surface area contributed by atoms with E-state index in [0.717, 1.165) is 23.3 Å². The molecule has 3 aliphatic carbocycles. The number of hydrogen-bond donors (Lipinski definition) is 3. The second-order valence-electron chi connectivity index (χ2n) is 6.45. The molecule has 128 valence electrons. The number of rotatable bonds is 3. The van der Waals surface area contributed by atoms with E-state index in [0.29, 0.717) is 5.56 Å². The van der Waals surface area contributed by atoms with Crippen molar-refractivity contribution in [1.82, 2.24) is 10.9 Å². The van der Waals surface area contributed by atoms with Gasteiger partial charge >= 0.3 is 5.97 Å². The third kappa shape index (κ3) is 2.84. The van der Waals surface area contributed by atoms with Crippen LogP contribution < -0.4 is 10.9 Å². The molecule has 7 heteroatoms. The van der Waals surface area contributed by atoms with E-state index in [9.17, 15) is 19.5 Å². The molecule has 0 spiro atoms. The number of amides is 2. The van der Waals surface area contributed by atoms with E-state index < -0.39 is 23.7 Å². The molecule has 4 rings (SSSR count). The van der Waals surface area contributed by atoms with Gasteiger partial charge in [-0.25, -0.2) is 0 Å². The number of aliphatic carboxylic acids is 1. The minimum absolute atomic E-state index is 0.0851. The Morgan fingerprint density at radius 3 is 2.21 bits per heavy atom. The molecular weight excluding hydrogens is 328 g/mol. The van der Waals surface area contributed by atoms with Gasteiger partial charge in [0.1, 0.15) is 0 Å². The number of carboxylic acids is 1. The fraction of sp³-hybridized carbons (Fsp3) is 0.471. The lowest BCUT2D eigenvalue weighted by Gasteiger charge is -2.41. The molecule has 1 aromatic rings. The topological polar surface area (TPSA) is 95.5 Å². The summed E-state index contributed by atoms with van der Waals surface area (Å²) >= 11 is 1.48. The van der Waals surface area contributed by atoms with Crippen molar-refractivity contribution in [2.75, 3.05) is 0 Å². The number of carboxylic acid groups (broad SMARTS) is 1. The zero-order chi connectivity index (χ0) is 17.4. The first-order valence-electron chi connectivity index (χ1n) is 7.96. The average molecular weight is 348 g/mol. The maximum atomic E-state index is 12.5. The molecule has 3 N–H and O–H groups in total. The van der Waals surface area contributed by atoms with Gasteiger partial charge in [-0.15, -0.1) is 11.3 Å². The molecule has 24 heavy (non-hydrogen) atoms. The van der Waals surface area contributed by atoms with Crippen LogP contribution in [0.4, 0.5) is 0 Å². The first kappa shape index (κ1) is 16.7. The quantitative estimate of drug-likeness (QED) is 0.575. The maximum Gasteiger partial charge on any atom is 0.307 e. The Kier molecular flexibility index (Phi) is 4.45. The Morgan fingerprint density at radius 2 is 1.71 bits per heavy atom. The molecule has 2 bridgehead atoms. The third-order valence-corrected chi connectivity index (χ3v) is 6.18. The van der Waals surface area contributed by atoms with Gasteiger partial charge in [0.15, 0.2) is 0 Å². The molecule has 0 radical (unpaired) electrons. The van der Waals surface area contributed by atoms with Crippen molar-refractivity contribution < 1.29 is 19.5 Å². The van der Waals surface area contributed by atoms with Gasteiger partial charge < -0.3 is 5.11 Å². The van der Waals surface area contributed by atoms with E-state index in [1.54, 1.807) is 5.38 Å². The van der Waals surface area contributed by atoms with Gasteiger partial charge in [-0.2, -0.15) is 0 Å². The van der Waals surface area contributed by atoms with Gasteiger partial charge in [-0.1, -0.05) is 12.2 Å². The number of fused-ring (bicyclic) bond motifs is 2. The highest BCUT2D eigenvalue weighted by atomic mass is 32.1. The van der Waals surface area contributed by atoms with Gasteiger partial charge in [0.2, 0.25) is 5.91 Å². The zero-order valence-corrected chi connectivity index (χ0v) is 14.4. The molecule has 0 aliphatic heterocycles. The van der Waals surface area contributed by atoms with Gasteiger partial charge in [0, 0.05) is 10.3 Å². The van der Waals surface area contributed by atoms with Crippen molar-refractivity contribution in [2.24, 2.45) is 23.7 Å². The molecular formula is C17H20N2O4S. The Hall–Kier alpha value is -2.15. The minimum Gasteiger partial charge on any atom is -0.481 e. The minimum atomic E-state index is -0.954. The molecule has 0 unspecified atom stereocenters. The average Bonchev–Trinajstić information content (AvgIpc) is 2.91. The Bertz CT molecular complexity index is 724. The van der Waals surface area contributed by atoms with Crippen molar-refractivity contribution in [1.29, 1.82) is 0 Å². The second kappa shape index (κ2) is 6.39. The van der Waals surface area contributed by atoms with E-state index >= 15 is 0 Å². The number of hydrazine groups is 1. The van der Waals surface area contributed by atoms with E-state index in [1.165, 1.54) is 11.3 Å². The van der Waals surface area contributed by atoms with Gasteiger partial charge in [0.25, 0.3) is 5.91 Å². The van der Waals surface area contributed by atoms with Crippen LogP contribution in [0.3, 0.4) is 0 Å². The summed E-state index contributed by atoms with van der Waals surface area (Å²) in [6.07, 6.45) is 5.44. The predicted molar refractivity (Wildman–Crippen MR) is 89.4 cm³/mol. The third-order valence-electron chi connectivity index (χ3n) is 5.17. The molecule has 2 amide bonds. The lowest BCUT2D eigenvalue weighted by Crippen LogP contribution is -2.53. The van der Waals surface area contributed by atoms with Crippen LogP contribution in [0.2, 0.25) is 0 Å². The number of aryl methyl sites for hydroxylation is 1. The van der Waals surface area contributed by atoms with Crippen LogP contribution in [-0.4, -0.2) is 22.9 Å². The van der Waals surface area contributed by atoms with Crippen LogP contribution in [0.15, 0.2) is 17.5 Å². The highest BCUT2D eigenvalue weighted by Gasteiger charge is 2.48.